The first-order valence-corrected chi connectivity index (χ1v) is 15.4. The minimum absolute atomic E-state index is 1.04. The van der Waals surface area contributed by atoms with Crippen molar-refractivity contribution in [3.05, 3.63) is 150 Å². The van der Waals surface area contributed by atoms with Gasteiger partial charge in [0.2, 0.25) is 0 Å². The fourth-order valence-corrected chi connectivity index (χ4v) is 6.94. The van der Waals surface area contributed by atoms with E-state index >= 15 is 0 Å². The third-order valence-electron chi connectivity index (χ3n) is 9.49. The van der Waals surface area contributed by atoms with Gasteiger partial charge in [-0.3, -0.25) is 4.98 Å². The molecule has 1 heteroatoms. The van der Waals surface area contributed by atoms with Crippen molar-refractivity contribution in [3.8, 4) is 33.4 Å². The minimum atomic E-state index is 1.04. The molecule has 1 aromatic heterocycles. The molecule has 1 heterocycles. The lowest BCUT2D eigenvalue weighted by Crippen LogP contribution is -1.97. The molecular formula is C43H33N. The maximum atomic E-state index is 4.92. The number of benzene rings is 7. The minimum Gasteiger partial charge on any atom is -0.256 e. The standard InChI is InChI=1S/C43H33N/c1-26-20-36-38(22-28(26)3)42(40-25-33-15-9-8-14-32(33)24-35(40)30-12-6-5-7-13-30)39-23-29(4)27(2)21-37(39)41(36)34-18-10-16-31-17-11-19-44-43(31)34/h5-25H,1-4H3. The topological polar surface area (TPSA) is 12.9 Å². The van der Waals surface area contributed by atoms with Gasteiger partial charge in [-0.2, -0.15) is 0 Å². The van der Waals surface area contributed by atoms with Crippen LogP contribution in [0.2, 0.25) is 0 Å². The van der Waals surface area contributed by atoms with E-state index in [0.29, 0.717) is 0 Å². The van der Waals surface area contributed by atoms with Crippen molar-refractivity contribution in [1.29, 1.82) is 0 Å². The van der Waals surface area contributed by atoms with Crippen LogP contribution in [0.15, 0.2) is 128 Å². The first-order chi connectivity index (χ1) is 21.5. The van der Waals surface area contributed by atoms with Crippen molar-refractivity contribution in [3.63, 3.8) is 0 Å². The highest BCUT2D eigenvalue weighted by Gasteiger charge is 2.22. The largest absolute Gasteiger partial charge is 0.256 e. The predicted octanol–water partition coefficient (Wildman–Crippen LogP) is 11.9. The lowest BCUT2D eigenvalue weighted by molar-refractivity contribution is 1.36. The van der Waals surface area contributed by atoms with E-state index in [0.717, 1.165) is 10.9 Å². The van der Waals surface area contributed by atoms with Crippen LogP contribution >= 0.6 is 0 Å². The van der Waals surface area contributed by atoms with Crippen molar-refractivity contribution < 1.29 is 0 Å². The Hall–Kier alpha value is -5.27. The van der Waals surface area contributed by atoms with E-state index < -0.39 is 0 Å². The van der Waals surface area contributed by atoms with Crippen molar-refractivity contribution in [2.75, 3.05) is 0 Å². The number of fused-ring (bicyclic) bond motifs is 4. The van der Waals surface area contributed by atoms with Gasteiger partial charge >= 0.3 is 0 Å². The van der Waals surface area contributed by atoms with Gasteiger partial charge in [-0.25, -0.2) is 0 Å². The molecule has 0 atom stereocenters. The van der Waals surface area contributed by atoms with Crippen molar-refractivity contribution >= 4 is 43.2 Å². The van der Waals surface area contributed by atoms with E-state index in [2.05, 4.69) is 143 Å². The van der Waals surface area contributed by atoms with Crippen LogP contribution in [-0.4, -0.2) is 4.98 Å². The molecule has 0 aliphatic rings. The molecule has 0 amide bonds. The van der Waals surface area contributed by atoms with Crippen LogP contribution in [0.25, 0.3) is 76.6 Å². The van der Waals surface area contributed by atoms with E-state index in [4.69, 9.17) is 4.98 Å². The van der Waals surface area contributed by atoms with Crippen molar-refractivity contribution in [2.45, 2.75) is 27.7 Å². The number of hydrogen-bond acceptors (Lipinski definition) is 1. The van der Waals surface area contributed by atoms with E-state index in [1.165, 1.54) is 88.0 Å². The number of hydrogen-bond donors (Lipinski definition) is 0. The first kappa shape index (κ1) is 26.4. The molecule has 1 nitrogen and oxygen atoms in total. The van der Waals surface area contributed by atoms with Gasteiger partial charge in [-0.05, 0) is 128 Å². The molecule has 0 aliphatic carbocycles. The molecule has 0 N–H and O–H groups in total. The summed E-state index contributed by atoms with van der Waals surface area (Å²) in [6.07, 6.45) is 1.91. The zero-order valence-corrected chi connectivity index (χ0v) is 25.6. The van der Waals surface area contributed by atoms with E-state index in [1.807, 2.05) is 12.3 Å². The molecule has 8 rings (SSSR count). The van der Waals surface area contributed by atoms with Crippen LogP contribution in [-0.2, 0) is 0 Å². The normalized spacial score (nSPS) is 11.6. The molecule has 0 saturated carbocycles. The van der Waals surface area contributed by atoms with Gasteiger partial charge in [0.1, 0.15) is 0 Å². The van der Waals surface area contributed by atoms with Gasteiger partial charge in [0.25, 0.3) is 0 Å². The summed E-state index contributed by atoms with van der Waals surface area (Å²) in [6, 6.07) is 44.8. The second-order valence-corrected chi connectivity index (χ2v) is 12.2. The van der Waals surface area contributed by atoms with Gasteiger partial charge in [0.05, 0.1) is 5.52 Å². The van der Waals surface area contributed by atoms with Crippen LogP contribution in [0.5, 0.6) is 0 Å². The fraction of sp³-hybridized carbons (Fsp3) is 0.0930. The van der Waals surface area contributed by atoms with E-state index in [-0.39, 0.29) is 0 Å². The maximum Gasteiger partial charge on any atom is 0.0780 e. The molecule has 0 fully saturated rings. The number of aromatic nitrogens is 1. The quantitative estimate of drug-likeness (QED) is 0.195. The molecule has 0 bridgehead atoms. The maximum absolute atomic E-state index is 4.92. The van der Waals surface area contributed by atoms with Crippen LogP contribution in [0.1, 0.15) is 22.3 Å². The molecule has 44 heavy (non-hydrogen) atoms. The summed E-state index contributed by atoms with van der Waals surface area (Å²) in [5.74, 6) is 0. The zero-order chi connectivity index (χ0) is 29.9. The van der Waals surface area contributed by atoms with Crippen LogP contribution in [0.4, 0.5) is 0 Å². The summed E-state index contributed by atoms with van der Waals surface area (Å²) < 4.78 is 0. The van der Waals surface area contributed by atoms with Gasteiger partial charge in [0.15, 0.2) is 0 Å². The Morgan fingerprint density at radius 3 is 1.45 bits per heavy atom. The number of rotatable bonds is 3. The Balaban J connectivity index is 1.63. The summed E-state index contributed by atoms with van der Waals surface area (Å²) in [6.45, 7) is 8.94. The van der Waals surface area contributed by atoms with Gasteiger partial charge < -0.3 is 0 Å². The highest BCUT2D eigenvalue weighted by atomic mass is 14.6. The number of para-hydroxylation sites is 1. The van der Waals surface area contributed by atoms with Crippen molar-refractivity contribution in [1.82, 2.24) is 4.98 Å². The third-order valence-corrected chi connectivity index (χ3v) is 9.49. The highest BCUT2D eigenvalue weighted by Crippen LogP contribution is 2.49. The lowest BCUT2D eigenvalue weighted by atomic mass is 9.81. The predicted molar refractivity (Wildman–Crippen MR) is 190 cm³/mol. The average molecular weight is 564 g/mol. The Morgan fingerprint density at radius 2 is 0.864 bits per heavy atom. The average Bonchev–Trinajstić information content (AvgIpc) is 3.05. The van der Waals surface area contributed by atoms with E-state index in [1.54, 1.807) is 0 Å². The fourth-order valence-electron chi connectivity index (χ4n) is 6.94. The Bertz CT molecular complexity index is 2340. The molecule has 0 spiro atoms. The Kier molecular flexibility index (Phi) is 6.10. The summed E-state index contributed by atoms with van der Waals surface area (Å²) in [5, 5.41) is 8.75. The lowest BCUT2D eigenvalue weighted by Gasteiger charge is -2.22. The third kappa shape index (κ3) is 4.12. The molecule has 0 radical (unpaired) electrons. The molecule has 0 unspecified atom stereocenters. The molecule has 8 aromatic rings. The van der Waals surface area contributed by atoms with Crippen LogP contribution < -0.4 is 0 Å². The smallest absolute Gasteiger partial charge is 0.0780 e. The van der Waals surface area contributed by atoms with Crippen molar-refractivity contribution in [2.24, 2.45) is 0 Å². The SMILES string of the molecule is Cc1cc2c(-c3cc4ccccc4cc3-c3ccccc3)c3cc(C)c(C)cc3c(-c3cccc4cccnc34)c2cc1C. The highest BCUT2D eigenvalue weighted by molar-refractivity contribution is 6.25. The van der Waals surface area contributed by atoms with Gasteiger partial charge in [-0.15, -0.1) is 0 Å². The summed E-state index contributed by atoms with van der Waals surface area (Å²) in [7, 11) is 0. The Labute approximate surface area is 258 Å². The first-order valence-electron chi connectivity index (χ1n) is 15.4. The summed E-state index contributed by atoms with van der Waals surface area (Å²) >= 11 is 0. The van der Waals surface area contributed by atoms with Gasteiger partial charge in [-0.1, -0.05) is 103 Å². The van der Waals surface area contributed by atoms with E-state index in [9.17, 15) is 0 Å². The van der Waals surface area contributed by atoms with Gasteiger partial charge in [0, 0.05) is 17.1 Å². The number of pyridine rings is 1. The molecule has 7 aromatic carbocycles. The number of nitrogens with zero attached hydrogens (tertiary/aromatic N) is 1. The second-order valence-electron chi connectivity index (χ2n) is 12.2. The molecule has 0 saturated heterocycles. The van der Waals surface area contributed by atoms with Crippen LogP contribution in [0, 0.1) is 27.7 Å². The van der Waals surface area contributed by atoms with Crippen LogP contribution in [0.3, 0.4) is 0 Å². The summed E-state index contributed by atoms with van der Waals surface area (Å²) in [5.41, 5.74) is 13.7. The Morgan fingerprint density at radius 1 is 0.386 bits per heavy atom. The zero-order valence-electron chi connectivity index (χ0n) is 25.6. The molecular weight excluding hydrogens is 530 g/mol. The summed E-state index contributed by atoms with van der Waals surface area (Å²) in [4.78, 5) is 4.92. The molecule has 210 valence electrons. The molecule has 0 aliphatic heterocycles. The number of aryl methyl sites for hydroxylation is 4. The second kappa shape index (κ2) is 10.2. The monoisotopic (exact) mass is 563 g/mol.